The van der Waals surface area contributed by atoms with Crippen LogP contribution in [0.2, 0.25) is 0 Å². The average Bonchev–Trinajstić information content (AvgIpc) is 3.48. The number of anilines is 1. The molecule has 1 atom stereocenters. The van der Waals surface area contributed by atoms with E-state index in [2.05, 4.69) is 27.6 Å². The second-order valence-corrected chi connectivity index (χ2v) is 16.5. The molecule has 3 aromatic carbocycles. The van der Waals surface area contributed by atoms with Crippen LogP contribution in [0.5, 0.6) is 5.75 Å². The van der Waals surface area contributed by atoms with Crippen molar-refractivity contribution in [3.05, 3.63) is 78.4 Å². The van der Waals surface area contributed by atoms with Crippen LogP contribution in [0.4, 0.5) is 11.4 Å². The van der Waals surface area contributed by atoms with Crippen LogP contribution in [0.3, 0.4) is 0 Å². The van der Waals surface area contributed by atoms with E-state index in [0.29, 0.717) is 41.9 Å². The topological polar surface area (TPSA) is 210 Å². The number of carbonyl (C=O) groups excluding carboxylic acids is 2. The van der Waals surface area contributed by atoms with Gasteiger partial charge in [0.25, 0.3) is 11.8 Å². The Balaban J connectivity index is 0.00000580. The van der Waals surface area contributed by atoms with Crippen molar-refractivity contribution in [3.63, 3.8) is 0 Å². The van der Waals surface area contributed by atoms with Crippen LogP contribution >= 0.6 is 0 Å². The molecule has 1 unspecified atom stereocenters. The molecule has 304 valence electrons. The first-order valence-electron chi connectivity index (χ1n) is 19.4. The number of hydrogen-bond acceptors (Lipinski definition) is 12. The van der Waals surface area contributed by atoms with Crippen LogP contribution in [0.25, 0.3) is 0 Å². The van der Waals surface area contributed by atoms with Gasteiger partial charge in [0.15, 0.2) is 5.84 Å². The zero-order valence-corrected chi connectivity index (χ0v) is 39.4. The van der Waals surface area contributed by atoms with E-state index in [9.17, 15) is 35.5 Å². The number of azo groups is 1. The number of carbonyl (C=O) groups is 2. The molecule has 1 N–H and O–H groups in total. The fourth-order valence-electron chi connectivity index (χ4n) is 6.15. The minimum absolute atomic E-state index is 0. The molecule has 0 saturated heterocycles. The third kappa shape index (κ3) is 17.6. The molecule has 3 aromatic rings. The van der Waals surface area contributed by atoms with Gasteiger partial charge in [0.1, 0.15) is 26.0 Å². The molecule has 1 aliphatic rings. The molecule has 2 amide bonds. The molecule has 4 rings (SSSR count). The molecule has 0 fully saturated rings. The van der Waals surface area contributed by atoms with Gasteiger partial charge in [-0.25, -0.2) is 16.8 Å². The predicted octanol–water partition coefficient (Wildman–Crippen LogP) is 2.39. The van der Waals surface area contributed by atoms with E-state index in [-0.39, 0.29) is 65.0 Å². The molecule has 1 aliphatic heterocycles. The second-order valence-electron chi connectivity index (χ2n) is 13.8. The summed E-state index contributed by atoms with van der Waals surface area (Å²) < 4.78 is 75.8. The van der Waals surface area contributed by atoms with E-state index in [1.807, 2.05) is 0 Å². The predicted molar refractivity (Wildman–Crippen MR) is 211 cm³/mol. The first kappa shape index (κ1) is 51.6. The van der Waals surface area contributed by atoms with Gasteiger partial charge < -0.3 is 19.2 Å². The largest absolute Gasteiger partial charge is 1.00 e. The summed E-state index contributed by atoms with van der Waals surface area (Å²) in [5, 5.41) is 15.8. The maximum atomic E-state index is 13.5. The molecule has 18 heteroatoms. The summed E-state index contributed by atoms with van der Waals surface area (Å²) >= 11 is 0. The monoisotopic (exact) mass is 855 g/mol. The number of rotatable bonds is 24. The van der Waals surface area contributed by atoms with E-state index >= 15 is 0 Å². The number of nitrogens with one attached hydrogen (secondary N) is 1. The summed E-state index contributed by atoms with van der Waals surface area (Å²) in [5.41, 5.74) is 0.0533. The van der Waals surface area contributed by atoms with Crippen LogP contribution in [0, 0.1) is 0 Å². The number of amides is 2. The zero-order valence-electron chi connectivity index (χ0n) is 33.8. The van der Waals surface area contributed by atoms with Crippen molar-refractivity contribution in [1.82, 2.24) is 5.32 Å². The SMILES string of the molecule is CCCCCCCCCCCCCCCCCCOc1ccc(N=NC2C(=O)N(c3ccccc3)N=C2NC(=O)c2cc(S(=O)(=O)[O-])cc(S(=O)(=O)[O-])c2)cc1.[Na+].[Na+]. The Labute approximate surface area is 387 Å². The zero-order chi connectivity index (χ0) is 40.4. The van der Waals surface area contributed by atoms with Gasteiger partial charge in [-0.1, -0.05) is 121 Å². The molecule has 14 nitrogen and oxygen atoms in total. The smallest absolute Gasteiger partial charge is 0.744 e. The number of hydrazone groups is 1. The normalized spacial score (nSPS) is 14.2. The summed E-state index contributed by atoms with van der Waals surface area (Å²) in [6, 6.07) is 15.1. The molecular formula is C40H51N5Na2O9S2. The molecule has 1 heterocycles. The van der Waals surface area contributed by atoms with Gasteiger partial charge in [0.2, 0.25) is 6.04 Å². The molecular weight excluding hydrogens is 805 g/mol. The number of amidine groups is 1. The van der Waals surface area contributed by atoms with Gasteiger partial charge in [-0.3, -0.25) is 9.59 Å². The molecule has 0 bridgehead atoms. The first-order chi connectivity index (χ1) is 26.9. The van der Waals surface area contributed by atoms with Crippen LogP contribution in [-0.2, 0) is 25.0 Å². The molecule has 0 radical (unpaired) electrons. The summed E-state index contributed by atoms with van der Waals surface area (Å²) in [6.07, 6.45) is 20.7. The van der Waals surface area contributed by atoms with E-state index < -0.39 is 53.4 Å². The van der Waals surface area contributed by atoms with Crippen molar-refractivity contribution in [2.75, 3.05) is 11.6 Å². The Kier molecular flexibility index (Phi) is 23.7. The van der Waals surface area contributed by atoms with Gasteiger partial charge >= 0.3 is 59.1 Å². The third-order valence-corrected chi connectivity index (χ3v) is 10.9. The summed E-state index contributed by atoms with van der Waals surface area (Å²) in [4.78, 5) is 24.5. The van der Waals surface area contributed by atoms with E-state index in [1.165, 1.54) is 89.9 Å². The van der Waals surface area contributed by atoms with Crippen molar-refractivity contribution >= 4 is 49.3 Å². The van der Waals surface area contributed by atoms with E-state index in [1.54, 1.807) is 54.6 Å². The van der Waals surface area contributed by atoms with Crippen LogP contribution < -0.4 is 74.2 Å². The maximum absolute atomic E-state index is 13.5. The average molecular weight is 856 g/mol. The first-order valence-corrected chi connectivity index (χ1v) is 22.2. The van der Waals surface area contributed by atoms with Crippen molar-refractivity contribution in [2.24, 2.45) is 15.3 Å². The fourth-order valence-corrected chi connectivity index (χ4v) is 7.31. The number of benzene rings is 3. The summed E-state index contributed by atoms with van der Waals surface area (Å²) in [7, 11) is -10.5. The van der Waals surface area contributed by atoms with Crippen molar-refractivity contribution < 1.29 is 99.4 Å². The maximum Gasteiger partial charge on any atom is 1.00 e. The van der Waals surface area contributed by atoms with Crippen LogP contribution in [0.15, 0.2) is 97.9 Å². The van der Waals surface area contributed by atoms with Crippen molar-refractivity contribution in [3.8, 4) is 5.75 Å². The molecule has 0 aromatic heterocycles. The van der Waals surface area contributed by atoms with E-state index in [0.717, 1.165) is 17.9 Å². The quantitative estimate of drug-likeness (QED) is 0.0606. The Morgan fingerprint density at radius 3 is 1.69 bits per heavy atom. The molecule has 58 heavy (non-hydrogen) atoms. The third-order valence-electron chi connectivity index (χ3n) is 9.26. The Morgan fingerprint density at radius 2 is 1.21 bits per heavy atom. The van der Waals surface area contributed by atoms with Gasteiger partial charge in [0.05, 0.1) is 27.8 Å². The van der Waals surface area contributed by atoms with Gasteiger partial charge in [-0.2, -0.15) is 15.2 Å². The minimum atomic E-state index is -5.26. The fraction of sp³-hybridized carbons (Fsp3) is 0.475. The van der Waals surface area contributed by atoms with Crippen LogP contribution in [-0.4, -0.2) is 56.2 Å². The number of hydrogen-bond donors (Lipinski definition) is 1. The Bertz CT molecular complexity index is 1970. The Hall–Kier alpha value is -2.51. The minimum Gasteiger partial charge on any atom is -0.744 e. The number of nitrogens with zero attached hydrogens (tertiary/aromatic N) is 4. The van der Waals surface area contributed by atoms with Crippen molar-refractivity contribution in [2.45, 2.75) is 125 Å². The van der Waals surface area contributed by atoms with Crippen molar-refractivity contribution in [1.29, 1.82) is 0 Å². The van der Waals surface area contributed by atoms with Gasteiger partial charge in [-0.05, 0) is 61.0 Å². The number of para-hydroxylation sites is 1. The molecule has 0 saturated carbocycles. The molecule has 0 aliphatic carbocycles. The number of ether oxygens (including phenoxy) is 1. The second kappa shape index (κ2) is 26.6. The molecule has 0 spiro atoms. The standard InChI is InChI=1S/C40H53N5O9S2.2Na/c1-2-3-4-5-6-7-8-9-10-11-12-13-14-15-16-20-27-54-34-25-23-32(24-26-34)42-43-37-38(44-45(40(37)47)33-21-18-17-19-22-33)41-39(46)31-28-35(55(48,49)50)30-36(29-31)56(51,52)53;;/h17-19,21-26,28-30,37H,2-16,20,27H2,1H3,(H,41,44,46)(H,48,49,50)(H,51,52,53);;/q;2*+1/p-2. The van der Waals surface area contributed by atoms with Gasteiger partial charge in [0, 0.05) is 5.56 Å². The van der Waals surface area contributed by atoms with Crippen LogP contribution in [0.1, 0.15) is 120 Å². The summed E-state index contributed by atoms with van der Waals surface area (Å²) in [6.45, 7) is 2.84. The Morgan fingerprint density at radius 1 is 0.724 bits per heavy atom. The summed E-state index contributed by atoms with van der Waals surface area (Å²) in [5.74, 6) is -1.53. The van der Waals surface area contributed by atoms with E-state index in [4.69, 9.17) is 4.74 Å². The van der Waals surface area contributed by atoms with Gasteiger partial charge in [-0.15, -0.1) is 5.10 Å². The number of unbranched alkanes of at least 4 members (excludes halogenated alkanes) is 15.